The zero-order valence-corrected chi connectivity index (χ0v) is 18.4. The second-order valence-electron chi connectivity index (χ2n) is 8.04. The lowest BCUT2D eigenvalue weighted by Gasteiger charge is -2.28. The van der Waals surface area contributed by atoms with Crippen molar-refractivity contribution in [1.82, 2.24) is 0 Å². The lowest BCUT2D eigenvalue weighted by atomic mass is 9.82. The van der Waals surface area contributed by atoms with E-state index in [1.807, 2.05) is 0 Å². The standard InChI is InChI=1S/C23H23Cl2F2NO3/c1-13(22(30)31)11-14-4-9-18(25)19(12-14)28-21(29)20(15-5-7-16(24)8-6-15)17-3-2-10-23(17,26)27/h4-9,12-13,17,20H,2-3,10-11H2,1H3,(H,28,29)(H,30,31). The summed E-state index contributed by atoms with van der Waals surface area (Å²) in [5.41, 5.74) is 1.39. The number of carbonyl (C=O) groups is 2. The minimum absolute atomic E-state index is 0.234. The van der Waals surface area contributed by atoms with Crippen molar-refractivity contribution in [3.05, 3.63) is 63.6 Å². The van der Waals surface area contributed by atoms with Crippen LogP contribution in [0.1, 0.15) is 43.2 Å². The van der Waals surface area contributed by atoms with Gasteiger partial charge < -0.3 is 10.4 Å². The van der Waals surface area contributed by atoms with Gasteiger partial charge in [0.15, 0.2) is 0 Å². The molecule has 8 heteroatoms. The number of carboxylic acid groups (broad SMARTS) is 1. The number of nitrogens with one attached hydrogen (secondary N) is 1. The fourth-order valence-corrected chi connectivity index (χ4v) is 4.34. The lowest BCUT2D eigenvalue weighted by Crippen LogP contribution is -2.35. The molecule has 0 bridgehead atoms. The number of hydrogen-bond acceptors (Lipinski definition) is 2. The molecule has 4 nitrogen and oxygen atoms in total. The summed E-state index contributed by atoms with van der Waals surface area (Å²) in [6.07, 6.45) is 0.574. The average molecular weight is 470 g/mol. The van der Waals surface area contributed by atoms with Gasteiger partial charge in [-0.15, -0.1) is 0 Å². The Hall–Kier alpha value is -2.18. The third kappa shape index (κ3) is 5.55. The first kappa shape index (κ1) is 23.5. The molecule has 1 aliphatic rings. The van der Waals surface area contributed by atoms with Crippen LogP contribution in [-0.2, 0) is 16.0 Å². The molecule has 31 heavy (non-hydrogen) atoms. The monoisotopic (exact) mass is 469 g/mol. The summed E-state index contributed by atoms with van der Waals surface area (Å²) in [7, 11) is 0. The molecule has 1 aliphatic carbocycles. The maximum atomic E-state index is 14.6. The highest BCUT2D eigenvalue weighted by Crippen LogP contribution is 2.48. The summed E-state index contributed by atoms with van der Waals surface area (Å²) < 4.78 is 29.2. The van der Waals surface area contributed by atoms with Gasteiger partial charge in [-0.1, -0.05) is 48.3 Å². The highest BCUT2D eigenvalue weighted by Gasteiger charge is 2.50. The predicted molar refractivity (Wildman–Crippen MR) is 117 cm³/mol. The van der Waals surface area contributed by atoms with Gasteiger partial charge in [0.25, 0.3) is 5.92 Å². The molecule has 3 unspecified atom stereocenters. The summed E-state index contributed by atoms with van der Waals surface area (Å²) in [5.74, 6) is -7.31. The highest BCUT2D eigenvalue weighted by atomic mass is 35.5. The van der Waals surface area contributed by atoms with Gasteiger partial charge in [-0.25, -0.2) is 8.78 Å². The van der Waals surface area contributed by atoms with E-state index in [2.05, 4.69) is 5.32 Å². The van der Waals surface area contributed by atoms with Crippen LogP contribution < -0.4 is 5.32 Å². The molecule has 1 amide bonds. The first-order valence-electron chi connectivity index (χ1n) is 10.0. The molecule has 3 rings (SSSR count). The van der Waals surface area contributed by atoms with Crippen LogP contribution in [0.25, 0.3) is 0 Å². The molecule has 2 N–H and O–H groups in total. The molecule has 0 spiro atoms. The Labute approximate surface area is 189 Å². The Morgan fingerprint density at radius 1 is 1.19 bits per heavy atom. The van der Waals surface area contributed by atoms with E-state index >= 15 is 0 Å². The van der Waals surface area contributed by atoms with Crippen molar-refractivity contribution in [3.63, 3.8) is 0 Å². The Balaban J connectivity index is 1.90. The summed E-state index contributed by atoms with van der Waals surface area (Å²) in [6, 6.07) is 11.2. The molecule has 0 heterocycles. The van der Waals surface area contributed by atoms with Gasteiger partial charge in [-0.3, -0.25) is 9.59 Å². The Morgan fingerprint density at radius 2 is 1.87 bits per heavy atom. The van der Waals surface area contributed by atoms with E-state index in [0.29, 0.717) is 22.6 Å². The first-order chi connectivity index (χ1) is 14.6. The van der Waals surface area contributed by atoms with Crippen molar-refractivity contribution in [2.24, 2.45) is 11.8 Å². The number of amides is 1. The minimum Gasteiger partial charge on any atom is -0.481 e. The number of benzene rings is 2. The van der Waals surface area contributed by atoms with Crippen LogP contribution in [0.3, 0.4) is 0 Å². The van der Waals surface area contributed by atoms with E-state index in [1.54, 1.807) is 49.4 Å². The maximum Gasteiger partial charge on any atom is 0.306 e. The van der Waals surface area contributed by atoms with Gasteiger partial charge >= 0.3 is 5.97 Å². The van der Waals surface area contributed by atoms with Gasteiger partial charge in [-0.05, 0) is 54.7 Å². The van der Waals surface area contributed by atoms with Gasteiger partial charge in [0, 0.05) is 17.4 Å². The number of anilines is 1. The zero-order chi connectivity index (χ0) is 22.8. The molecule has 0 saturated heterocycles. The SMILES string of the molecule is CC(Cc1ccc(Cl)c(NC(=O)C(c2ccc(Cl)cc2)C2CCCC2(F)F)c1)C(=O)O. The number of rotatable bonds is 7. The maximum absolute atomic E-state index is 14.6. The minimum atomic E-state index is -2.95. The summed E-state index contributed by atoms with van der Waals surface area (Å²) in [4.78, 5) is 24.4. The van der Waals surface area contributed by atoms with E-state index in [-0.39, 0.29) is 30.0 Å². The van der Waals surface area contributed by atoms with Crippen molar-refractivity contribution in [1.29, 1.82) is 0 Å². The summed E-state index contributed by atoms with van der Waals surface area (Å²) in [6.45, 7) is 1.58. The summed E-state index contributed by atoms with van der Waals surface area (Å²) in [5, 5.41) is 12.5. The van der Waals surface area contributed by atoms with Crippen molar-refractivity contribution in [2.45, 2.75) is 44.4 Å². The highest BCUT2D eigenvalue weighted by molar-refractivity contribution is 6.33. The van der Waals surface area contributed by atoms with Crippen LogP contribution in [0, 0.1) is 11.8 Å². The van der Waals surface area contributed by atoms with E-state index in [0.717, 1.165) is 0 Å². The van der Waals surface area contributed by atoms with Crippen LogP contribution >= 0.6 is 23.2 Å². The molecule has 2 aromatic rings. The van der Waals surface area contributed by atoms with Gasteiger partial charge in [0.1, 0.15) is 0 Å². The molecular formula is C23H23Cl2F2NO3. The number of carboxylic acids is 1. The molecule has 0 aliphatic heterocycles. The molecule has 2 aromatic carbocycles. The largest absolute Gasteiger partial charge is 0.481 e. The van der Waals surface area contributed by atoms with Crippen molar-refractivity contribution in [3.8, 4) is 0 Å². The first-order valence-corrected chi connectivity index (χ1v) is 10.8. The molecule has 166 valence electrons. The Morgan fingerprint density at radius 3 is 2.45 bits per heavy atom. The van der Waals surface area contributed by atoms with Crippen LogP contribution in [0.15, 0.2) is 42.5 Å². The van der Waals surface area contributed by atoms with E-state index in [9.17, 15) is 18.4 Å². The molecule has 0 radical (unpaired) electrons. The smallest absolute Gasteiger partial charge is 0.306 e. The molecular weight excluding hydrogens is 447 g/mol. The van der Waals surface area contributed by atoms with Gasteiger partial charge in [0.05, 0.1) is 22.5 Å². The number of alkyl halides is 2. The molecule has 3 atom stereocenters. The third-order valence-corrected chi connectivity index (χ3v) is 6.32. The van der Waals surface area contributed by atoms with E-state index < -0.39 is 35.6 Å². The van der Waals surface area contributed by atoms with E-state index in [4.69, 9.17) is 28.3 Å². The average Bonchev–Trinajstić information content (AvgIpc) is 3.05. The van der Waals surface area contributed by atoms with Crippen LogP contribution in [0.4, 0.5) is 14.5 Å². The Kier molecular flexibility index (Phi) is 7.22. The van der Waals surface area contributed by atoms with Crippen molar-refractivity contribution in [2.75, 3.05) is 5.32 Å². The van der Waals surface area contributed by atoms with Gasteiger partial charge in [-0.2, -0.15) is 0 Å². The normalized spacial score (nSPS) is 19.6. The lowest BCUT2D eigenvalue weighted by molar-refractivity contribution is -0.141. The second kappa shape index (κ2) is 9.53. The van der Waals surface area contributed by atoms with Crippen molar-refractivity contribution >= 4 is 40.8 Å². The number of aliphatic carboxylic acids is 1. The Bertz CT molecular complexity index is 966. The molecule has 1 saturated carbocycles. The van der Waals surface area contributed by atoms with Crippen molar-refractivity contribution < 1.29 is 23.5 Å². The third-order valence-electron chi connectivity index (χ3n) is 5.73. The van der Waals surface area contributed by atoms with Gasteiger partial charge in [0.2, 0.25) is 5.91 Å². The second-order valence-corrected chi connectivity index (χ2v) is 8.88. The fourth-order valence-electron chi connectivity index (χ4n) is 4.05. The van der Waals surface area contributed by atoms with Crippen LogP contribution in [0.5, 0.6) is 0 Å². The molecule has 1 fully saturated rings. The zero-order valence-electron chi connectivity index (χ0n) is 16.9. The fraction of sp³-hybridized carbons (Fsp3) is 0.391. The predicted octanol–water partition coefficient (Wildman–Crippen LogP) is 6.41. The topological polar surface area (TPSA) is 66.4 Å². The van der Waals surface area contributed by atoms with E-state index in [1.165, 1.54) is 0 Å². The quantitative estimate of drug-likeness (QED) is 0.491. The number of hydrogen-bond donors (Lipinski definition) is 2. The molecule has 0 aromatic heterocycles. The number of carbonyl (C=O) groups excluding carboxylic acids is 1. The number of halogens is 4. The van der Waals surface area contributed by atoms with Crippen LogP contribution in [-0.4, -0.2) is 22.9 Å². The summed E-state index contributed by atoms with van der Waals surface area (Å²) >= 11 is 12.2. The van der Waals surface area contributed by atoms with Crippen LogP contribution in [0.2, 0.25) is 10.0 Å².